The fourth-order valence-electron chi connectivity index (χ4n) is 0.594. The van der Waals surface area contributed by atoms with Gasteiger partial charge in [0.05, 0.1) is 13.2 Å². The van der Waals surface area contributed by atoms with Crippen LogP contribution in [0.15, 0.2) is 36.5 Å². The molecule has 0 atom stereocenters. The average Bonchev–Trinajstić information content (AvgIpc) is 2.00. The zero-order valence-electron chi connectivity index (χ0n) is 5.88. The molecule has 0 aliphatic rings. The summed E-state index contributed by atoms with van der Waals surface area (Å²) in [5.74, 6) is 0. The van der Waals surface area contributed by atoms with Crippen LogP contribution >= 0.6 is 0 Å². The Morgan fingerprint density at radius 2 is 1.30 bits per heavy atom. The molecule has 0 fully saturated rings. The highest BCUT2D eigenvalue weighted by Crippen LogP contribution is 2.04. The first kappa shape index (κ1) is 9.14. The van der Waals surface area contributed by atoms with Crippen molar-refractivity contribution in [1.29, 1.82) is 0 Å². The standard InChI is InChI=1S/C8H12O2/c1-3-7(5-9)8(4-2)6-10/h3-4,9-10H,1-2,5-6H2/b8-7-. The quantitative estimate of drug-likeness (QED) is 0.562. The second-order valence-electron chi connectivity index (χ2n) is 1.77. The van der Waals surface area contributed by atoms with Crippen LogP contribution in [-0.2, 0) is 0 Å². The van der Waals surface area contributed by atoms with E-state index in [0.717, 1.165) is 0 Å². The molecule has 2 nitrogen and oxygen atoms in total. The van der Waals surface area contributed by atoms with Crippen molar-refractivity contribution in [3.8, 4) is 0 Å². The van der Waals surface area contributed by atoms with Gasteiger partial charge in [-0.15, -0.1) is 0 Å². The zero-order chi connectivity index (χ0) is 7.98. The number of aliphatic hydroxyl groups excluding tert-OH is 2. The molecule has 0 aromatic rings. The third-order valence-corrected chi connectivity index (χ3v) is 1.25. The van der Waals surface area contributed by atoms with Gasteiger partial charge in [-0.3, -0.25) is 0 Å². The Labute approximate surface area is 60.8 Å². The van der Waals surface area contributed by atoms with Crippen LogP contribution in [0.1, 0.15) is 0 Å². The van der Waals surface area contributed by atoms with E-state index in [4.69, 9.17) is 10.2 Å². The Bertz CT molecular complexity index is 139. The second kappa shape index (κ2) is 4.97. The summed E-state index contributed by atoms with van der Waals surface area (Å²) in [6.45, 7) is 6.73. The highest BCUT2D eigenvalue weighted by atomic mass is 16.3. The minimum Gasteiger partial charge on any atom is -0.392 e. The molecule has 0 unspecified atom stereocenters. The summed E-state index contributed by atoms with van der Waals surface area (Å²) in [6.07, 6.45) is 3.01. The summed E-state index contributed by atoms with van der Waals surface area (Å²) < 4.78 is 0. The molecule has 0 radical (unpaired) electrons. The van der Waals surface area contributed by atoms with Crippen LogP contribution in [-0.4, -0.2) is 23.4 Å². The van der Waals surface area contributed by atoms with Crippen molar-refractivity contribution in [3.63, 3.8) is 0 Å². The van der Waals surface area contributed by atoms with Crippen LogP contribution < -0.4 is 0 Å². The molecule has 0 saturated heterocycles. The van der Waals surface area contributed by atoms with Gasteiger partial charge in [0, 0.05) is 0 Å². The predicted molar refractivity (Wildman–Crippen MR) is 41.6 cm³/mol. The van der Waals surface area contributed by atoms with Crippen molar-refractivity contribution < 1.29 is 10.2 Å². The van der Waals surface area contributed by atoms with E-state index >= 15 is 0 Å². The summed E-state index contributed by atoms with van der Waals surface area (Å²) in [6, 6.07) is 0. The maximum absolute atomic E-state index is 8.67. The van der Waals surface area contributed by atoms with Crippen molar-refractivity contribution in [2.24, 2.45) is 0 Å². The van der Waals surface area contributed by atoms with Crippen LogP contribution in [0.25, 0.3) is 0 Å². The highest BCUT2D eigenvalue weighted by Gasteiger charge is 1.95. The first-order valence-corrected chi connectivity index (χ1v) is 2.98. The minimum atomic E-state index is -0.106. The van der Waals surface area contributed by atoms with Gasteiger partial charge in [-0.2, -0.15) is 0 Å². The van der Waals surface area contributed by atoms with E-state index in [2.05, 4.69) is 13.2 Å². The van der Waals surface area contributed by atoms with Crippen molar-refractivity contribution in [2.75, 3.05) is 13.2 Å². The van der Waals surface area contributed by atoms with Crippen LogP contribution in [0.4, 0.5) is 0 Å². The SMILES string of the molecule is C=C/C(CO)=C(\C=C)CO. The lowest BCUT2D eigenvalue weighted by Gasteiger charge is -2.01. The highest BCUT2D eigenvalue weighted by molar-refractivity contribution is 5.31. The lowest BCUT2D eigenvalue weighted by Crippen LogP contribution is -1.95. The van der Waals surface area contributed by atoms with Crippen molar-refractivity contribution >= 4 is 0 Å². The molecule has 0 saturated carbocycles. The van der Waals surface area contributed by atoms with E-state index in [1.165, 1.54) is 12.2 Å². The van der Waals surface area contributed by atoms with E-state index in [1.54, 1.807) is 0 Å². The molecule has 0 heterocycles. The van der Waals surface area contributed by atoms with E-state index in [9.17, 15) is 0 Å². The van der Waals surface area contributed by atoms with Crippen LogP contribution in [0, 0.1) is 0 Å². The zero-order valence-corrected chi connectivity index (χ0v) is 5.88. The van der Waals surface area contributed by atoms with Gasteiger partial charge < -0.3 is 10.2 Å². The van der Waals surface area contributed by atoms with E-state index < -0.39 is 0 Å². The Hall–Kier alpha value is -0.860. The van der Waals surface area contributed by atoms with Crippen LogP contribution in [0.3, 0.4) is 0 Å². The Kier molecular flexibility index (Phi) is 4.54. The van der Waals surface area contributed by atoms with E-state index in [-0.39, 0.29) is 13.2 Å². The second-order valence-corrected chi connectivity index (χ2v) is 1.77. The van der Waals surface area contributed by atoms with Gasteiger partial charge in [-0.25, -0.2) is 0 Å². The molecule has 0 aromatic heterocycles. The van der Waals surface area contributed by atoms with Gasteiger partial charge in [0.25, 0.3) is 0 Å². The van der Waals surface area contributed by atoms with Crippen molar-refractivity contribution in [1.82, 2.24) is 0 Å². The van der Waals surface area contributed by atoms with Crippen LogP contribution in [0.5, 0.6) is 0 Å². The molecule has 0 rings (SSSR count). The molecule has 10 heavy (non-hydrogen) atoms. The molecule has 0 aliphatic carbocycles. The average molecular weight is 140 g/mol. The normalized spacial score (nSPS) is 12.2. The fourth-order valence-corrected chi connectivity index (χ4v) is 0.594. The van der Waals surface area contributed by atoms with Gasteiger partial charge >= 0.3 is 0 Å². The minimum absolute atomic E-state index is 0.106. The van der Waals surface area contributed by atoms with Gasteiger partial charge in [0.15, 0.2) is 0 Å². The molecule has 56 valence electrons. The number of hydrogen-bond acceptors (Lipinski definition) is 2. The first-order valence-electron chi connectivity index (χ1n) is 2.98. The lowest BCUT2D eigenvalue weighted by atomic mass is 10.1. The van der Waals surface area contributed by atoms with Crippen molar-refractivity contribution in [2.45, 2.75) is 0 Å². The third kappa shape index (κ3) is 2.17. The molecule has 2 N–H and O–H groups in total. The number of hydrogen-bond donors (Lipinski definition) is 2. The van der Waals surface area contributed by atoms with Gasteiger partial charge in [-0.1, -0.05) is 25.3 Å². The lowest BCUT2D eigenvalue weighted by molar-refractivity contribution is 0.317. The number of aliphatic hydroxyl groups is 2. The maximum Gasteiger partial charge on any atom is 0.0685 e. The number of rotatable bonds is 4. The molecular weight excluding hydrogens is 128 g/mol. The smallest absolute Gasteiger partial charge is 0.0685 e. The topological polar surface area (TPSA) is 40.5 Å². The van der Waals surface area contributed by atoms with Crippen LogP contribution in [0.2, 0.25) is 0 Å². The fraction of sp³-hybridized carbons (Fsp3) is 0.250. The first-order chi connectivity index (χ1) is 4.79. The third-order valence-electron chi connectivity index (χ3n) is 1.25. The molecule has 0 aliphatic heterocycles. The summed E-state index contributed by atoms with van der Waals surface area (Å²) >= 11 is 0. The Morgan fingerprint density at radius 1 is 1.00 bits per heavy atom. The van der Waals surface area contributed by atoms with E-state index in [1.807, 2.05) is 0 Å². The summed E-state index contributed by atoms with van der Waals surface area (Å²) in [5, 5.41) is 17.3. The summed E-state index contributed by atoms with van der Waals surface area (Å²) in [4.78, 5) is 0. The van der Waals surface area contributed by atoms with Gasteiger partial charge in [0.1, 0.15) is 0 Å². The molecular formula is C8H12O2. The Balaban J connectivity index is 4.50. The molecule has 0 aromatic carbocycles. The van der Waals surface area contributed by atoms with Gasteiger partial charge in [-0.05, 0) is 11.1 Å². The molecule has 0 spiro atoms. The predicted octanol–water partition coefficient (Wildman–Crippen LogP) is 0.640. The summed E-state index contributed by atoms with van der Waals surface area (Å²) in [7, 11) is 0. The maximum atomic E-state index is 8.67. The monoisotopic (exact) mass is 140 g/mol. The molecule has 2 heteroatoms. The largest absolute Gasteiger partial charge is 0.392 e. The van der Waals surface area contributed by atoms with E-state index in [0.29, 0.717) is 11.1 Å². The molecule has 0 amide bonds. The summed E-state index contributed by atoms with van der Waals surface area (Å²) in [5.41, 5.74) is 1.25. The van der Waals surface area contributed by atoms with Crippen molar-refractivity contribution in [3.05, 3.63) is 36.5 Å². The van der Waals surface area contributed by atoms with Gasteiger partial charge in [0.2, 0.25) is 0 Å². The molecule has 0 bridgehead atoms. The Morgan fingerprint density at radius 3 is 1.40 bits per heavy atom.